The van der Waals surface area contributed by atoms with Crippen LogP contribution in [0, 0.1) is 0 Å². The summed E-state index contributed by atoms with van der Waals surface area (Å²) in [5, 5.41) is 2.83. The average Bonchev–Trinajstić information content (AvgIpc) is 2.78. The highest BCUT2D eigenvalue weighted by atomic mass is 35.5. The first-order valence-corrected chi connectivity index (χ1v) is 11.3. The van der Waals surface area contributed by atoms with Crippen molar-refractivity contribution in [2.75, 3.05) is 25.1 Å². The second kappa shape index (κ2) is 14.0. The lowest BCUT2D eigenvalue weighted by molar-refractivity contribution is -0.130. The minimum atomic E-state index is -1.13. The first kappa shape index (κ1) is 25.9. The minimum Gasteiger partial charge on any atom is -0.476 e. The zero-order valence-electron chi connectivity index (χ0n) is 18.0. The highest BCUT2D eigenvalue weighted by Gasteiger charge is 2.20. The van der Waals surface area contributed by atoms with Gasteiger partial charge in [-0.2, -0.15) is 0 Å². The third kappa shape index (κ3) is 9.44. The average molecular weight is 482 g/mol. The van der Waals surface area contributed by atoms with Crippen LogP contribution < -0.4 is 15.8 Å². The molecule has 0 fully saturated rings. The van der Waals surface area contributed by atoms with Crippen LogP contribution in [-0.2, 0) is 20.9 Å². The molecular formula is C23H29Cl2N3O4. The Balaban J connectivity index is 1.82. The number of carbonyl (C=O) groups excluding carboxylic acids is 2. The number of rotatable bonds is 13. The van der Waals surface area contributed by atoms with Crippen molar-refractivity contribution >= 4 is 40.7 Å². The van der Waals surface area contributed by atoms with Crippen LogP contribution in [0.15, 0.2) is 54.6 Å². The molecule has 9 heteroatoms. The molecule has 1 atom stereocenters. The van der Waals surface area contributed by atoms with Crippen molar-refractivity contribution in [2.24, 2.45) is 5.73 Å². The molecule has 0 aliphatic carbocycles. The SMILES string of the molecule is CCOCCN(Cc1ccc(NC(=O)CCC(N)Oc2ccccc2)cc1)C(=O)C(Cl)Cl. The quantitative estimate of drug-likeness (QED) is 0.256. The largest absolute Gasteiger partial charge is 0.476 e. The standard InChI is InChI=1S/C23H29Cl2N3O4/c1-2-31-15-14-28(23(30)22(24)25)16-17-8-10-18(11-9-17)27-21(29)13-12-20(26)32-19-6-4-3-5-7-19/h3-11,20,22H,2,12-16,26H2,1H3,(H,27,29). The van der Waals surface area contributed by atoms with Gasteiger partial charge in [-0.05, 0) is 36.8 Å². The molecular weight excluding hydrogens is 453 g/mol. The lowest BCUT2D eigenvalue weighted by Gasteiger charge is -2.23. The molecule has 0 heterocycles. The van der Waals surface area contributed by atoms with E-state index in [0.29, 0.717) is 44.2 Å². The van der Waals surface area contributed by atoms with Crippen molar-refractivity contribution in [3.8, 4) is 5.75 Å². The number of hydrogen-bond donors (Lipinski definition) is 2. The molecule has 0 radical (unpaired) electrons. The van der Waals surface area contributed by atoms with Crippen LogP contribution in [0.5, 0.6) is 5.75 Å². The normalized spacial score (nSPS) is 11.8. The number of para-hydroxylation sites is 1. The monoisotopic (exact) mass is 481 g/mol. The fourth-order valence-electron chi connectivity index (χ4n) is 2.87. The van der Waals surface area contributed by atoms with Gasteiger partial charge in [-0.1, -0.05) is 53.5 Å². The van der Waals surface area contributed by atoms with E-state index >= 15 is 0 Å². The van der Waals surface area contributed by atoms with E-state index in [-0.39, 0.29) is 18.2 Å². The molecule has 0 bridgehead atoms. The van der Waals surface area contributed by atoms with Gasteiger partial charge in [0.05, 0.1) is 6.61 Å². The van der Waals surface area contributed by atoms with E-state index in [1.54, 1.807) is 17.0 Å². The summed E-state index contributed by atoms with van der Waals surface area (Å²) in [6.45, 7) is 3.56. The summed E-state index contributed by atoms with van der Waals surface area (Å²) in [6.07, 6.45) is 0.0363. The molecule has 2 aromatic rings. The first-order chi connectivity index (χ1) is 15.4. The molecule has 2 aromatic carbocycles. The molecule has 7 nitrogen and oxygen atoms in total. The Kier molecular flexibility index (Phi) is 11.3. The molecule has 2 amide bonds. The van der Waals surface area contributed by atoms with Crippen molar-refractivity contribution in [2.45, 2.75) is 37.4 Å². The summed E-state index contributed by atoms with van der Waals surface area (Å²) in [4.78, 5) is 24.9. The number of nitrogens with one attached hydrogen (secondary N) is 1. The second-order valence-corrected chi connectivity index (χ2v) is 8.11. The molecule has 174 valence electrons. The molecule has 2 rings (SSSR count). The predicted molar refractivity (Wildman–Crippen MR) is 127 cm³/mol. The Bertz CT molecular complexity index is 835. The number of amides is 2. The van der Waals surface area contributed by atoms with E-state index in [1.807, 2.05) is 49.4 Å². The van der Waals surface area contributed by atoms with Gasteiger partial charge in [0, 0.05) is 38.2 Å². The molecule has 1 unspecified atom stereocenters. The lowest BCUT2D eigenvalue weighted by atomic mass is 10.2. The highest BCUT2D eigenvalue weighted by Crippen LogP contribution is 2.16. The van der Waals surface area contributed by atoms with Crippen molar-refractivity contribution in [1.82, 2.24) is 4.90 Å². The zero-order valence-corrected chi connectivity index (χ0v) is 19.5. The number of nitrogens with two attached hydrogens (primary N) is 1. The van der Waals surface area contributed by atoms with E-state index in [4.69, 9.17) is 38.4 Å². The lowest BCUT2D eigenvalue weighted by Crippen LogP contribution is -2.37. The van der Waals surface area contributed by atoms with Crippen LogP contribution in [0.4, 0.5) is 5.69 Å². The van der Waals surface area contributed by atoms with E-state index < -0.39 is 11.1 Å². The number of benzene rings is 2. The van der Waals surface area contributed by atoms with Crippen LogP contribution in [0.3, 0.4) is 0 Å². The zero-order chi connectivity index (χ0) is 23.3. The highest BCUT2D eigenvalue weighted by molar-refractivity contribution is 6.53. The van der Waals surface area contributed by atoms with E-state index in [0.717, 1.165) is 5.56 Å². The summed E-state index contributed by atoms with van der Waals surface area (Å²) in [5.41, 5.74) is 7.46. The molecule has 0 spiro atoms. The van der Waals surface area contributed by atoms with Crippen LogP contribution in [0.2, 0.25) is 0 Å². The molecule has 0 aliphatic rings. The van der Waals surface area contributed by atoms with E-state index in [1.165, 1.54) is 0 Å². The second-order valence-electron chi connectivity index (χ2n) is 7.01. The number of alkyl halides is 2. The summed E-state index contributed by atoms with van der Waals surface area (Å²) < 4.78 is 10.9. The Morgan fingerprint density at radius 2 is 1.78 bits per heavy atom. The van der Waals surface area contributed by atoms with Crippen LogP contribution in [0.25, 0.3) is 0 Å². The Labute approximate surface area is 198 Å². The smallest absolute Gasteiger partial charge is 0.256 e. The third-order valence-electron chi connectivity index (χ3n) is 4.51. The fourth-order valence-corrected chi connectivity index (χ4v) is 3.14. The maximum Gasteiger partial charge on any atom is 0.256 e. The topological polar surface area (TPSA) is 93.9 Å². The summed E-state index contributed by atoms with van der Waals surface area (Å²) in [5.74, 6) is 0.129. The number of carbonyl (C=O) groups is 2. The van der Waals surface area contributed by atoms with Gasteiger partial charge < -0.3 is 19.7 Å². The molecule has 0 aromatic heterocycles. The van der Waals surface area contributed by atoms with Crippen LogP contribution in [-0.4, -0.2) is 47.5 Å². The van der Waals surface area contributed by atoms with Gasteiger partial charge >= 0.3 is 0 Å². The first-order valence-electron chi connectivity index (χ1n) is 10.4. The number of nitrogens with zero attached hydrogens (tertiary/aromatic N) is 1. The van der Waals surface area contributed by atoms with Crippen molar-refractivity contribution in [3.05, 3.63) is 60.2 Å². The molecule has 0 saturated carbocycles. The van der Waals surface area contributed by atoms with Gasteiger partial charge in [0.25, 0.3) is 5.91 Å². The van der Waals surface area contributed by atoms with Crippen LogP contribution in [0.1, 0.15) is 25.3 Å². The number of anilines is 1. The number of hydrogen-bond acceptors (Lipinski definition) is 5. The minimum absolute atomic E-state index is 0.162. The van der Waals surface area contributed by atoms with Gasteiger partial charge in [0.2, 0.25) is 5.91 Å². The molecule has 3 N–H and O–H groups in total. The summed E-state index contributed by atoms with van der Waals surface area (Å²) >= 11 is 11.5. The Hall–Kier alpha value is -2.32. The van der Waals surface area contributed by atoms with E-state index in [9.17, 15) is 9.59 Å². The van der Waals surface area contributed by atoms with E-state index in [2.05, 4.69) is 5.32 Å². The van der Waals surface area contributed by atoms with Gasteiger partial charge in [0.1, 0.15) is 12.0 Å². The van der Waals surface area contributed by atoms with Gasteiger partial charge in [-0.15, -0.1) is 0 Å². The number of ether oxygens (including phenoxy) is 2. The third-order valence-corrected chi connectivity index (χ3v) is 4.88. The molecule has 0 saturated heterocycles. The summed E-state index contributed by atoms with van der Waals surface area (Å²) in [6, 6.07) is 16.4. The maximum atomic E-state index is 12.2. The predicted octanol–water partition coefficient (Wildman–Crippen LogP) is 3.94. The number of halogens is 2. The summed E-state index contributed by atoms with van der Waals surface area (Å²) in [7, 11) is 0. The Morgan fingerprint density at radius 3 is 2.41 bits per heavy atom. The van der Waals surface area contributed by atoms with Gasteiger partial charge in [-0.25, -0.2) is 0 Å². The van der Waals surface area contributed by atoms with Crippen molar-refractivity contribution in [1.29, 1.82) is 0 Å². The molecule has 0 aliphatic heterocycles. The van der Waals surface area contributed by atoms with Gasteiger partial charge in [0.15, 0.2) is 4.84 Å². The van der Waals surface area contributed by atoms with Crippen molar-refractivity contribution < 1.29 is 19.1 Å². The fraction of sp³-hybridized carbons (Fsp3) is 0.391. The maximum absolute atomic E-state index is 12.2. The van der Waals surface area contributed by atoms with Gasteiger partial charge in [-0.3, -0.25) is 15.3 Å². The Morgan fingerprint density at radius 1 is 1.09 bits per heavy atom. The molecule has 32 heavy (non-hydrogen) atoms. The van der Waals surface area contributed by atoms with Crippen LogP contribution >= 0.6 is 23.2 Å². The van der Waals surface area contributed by atoms with Crippen molar-refractivity contribution in [3.63, 3.8) is 0 Å².